The first kappa shape index (κ1) is 16.2. The van der Waals surface area contributed by atoms with Gasteiger partial charge in [0.15, 0.2) is 0 Å². The minimum Gasteiger partial charge on any atom is -0.428 e. The number of nitrogens with zero attached hydrogens (tertiary/aromatic N) is 4. The molecule has 0 radical (unpaired) electrons. The topological polar surface area (TPSA) is 99.5 Å². The van der Waals surface area contributed by atoms with Crippen LogP contribution in [0.1, 0.15) is 5.82 Å². The van der Waals surface area contributed by atoms with Crippen LogP contribution in [0, 0.1) is 11.3 Å². The second-order valence-corrected chi connectivity index (χ2v) is 4.04. The van der Waals surface area contributed by atoms with Gasteiger partial charge >= 0.3 is 12.5 Å². The summed E-state index contributed by atoms with van der Waals surface area (Å²) in [5.74, 6) is -0.441. The maximum absolute atomic E-state index is 12.8. The summed E-state index contributed by atoms with van der Waals surface area (Å²) in [6.07, 6.45) is -7.35. The van der Waals surface area contributed by atoms with Crippen molar-refractivity contribution in [2.75, 3.05) is 5.32 Å². The molecule has 0 unspecified atom stereocenters. The Morgan fingerprint density at radius 3 is 2.83 bits per heavy atom. The summed E-state index contributed by atoms with van der Waals surface area (Å²) in [6, 6.07) is 6.73. The van der Waals surface area contributed by atoms with Crippen molar-refractivity contribution in [3.05, 3.63) is 36.3 Å². The van der Waals surface area contributed by atoms with E-state index in [2.05, 4.69) is 30.7 Å². The number of H-pyrrole nitrogens is 1. The number of rotatable bonds is 6. The second-order valence-electron chi connectivity index (χ2n) is 4.04. The van der Waals surface area contributed by atoms with Gasteiger partial charge in [-0.3, -0.25) is 0 Å². The van der Waals surface area contributed by atoms with Crippen LogP contribution in [0.2, 0.25) is 0 Å². The van der Waals surface area contributed by atoms with Crippen LogP contribution in [0.5, 0.6) is 5.75 Å². The van der Waals surface area contributed by atoms with Gasteiger partial charge in [0.2, 0.25) is 5.82 Å². The van der Waals surface area contributed by atoms with Gasteiger partial charge in [0, 0.05) is 18.0 Å². The molecule has 0 amide bonds. The van der Waals surface area contributed by atoms with Crippen LogP contribution in [0.4, 0.5) is 23.2 Å². The van der Waals surface area contributed by atoms with Crippen molar-refractivity contribution in [3.63, 3.8) is 0 Å². The third-order valence-electron chi connectivity index (χ3n) is 2.43. The molecule has 0 bridgehead atoms. The molecule has 23 heavy (non-hydrogen) atoms. The zero-order valence-electron chi connectivity index (χ0n) is 11.2. The Hall–Kier alpha value is -3.16. The molecule has 7 nitrogen and oxygen atoms in total. The fourth-order valence-electron chi connectivity index (χ4n) is 1.43. The minimum absolute atomic E-state index is 0.0166. The minimum atomic E-state index is -4.60. The summed E-state index contributed by atoms with van der Waals surface area (Å²) >= 11 is 0. The molecule has 11 heteroatoms. The number of aromatic amines is 1. The second kappa shape index (κ2) is 6.73. The fourth-order valence-corrected chi connectivity index (χ4v) is 1.43. The molecule has 0 aliphatic rings. The number of ether oxygens (including phenoxy) is 1. The first-order chi connectivity index (χ1) is 10.9. The Bertz CT molecular complexity index is 725. The molecule has 0 fully saturated rings. The summed E-state index contributed by atoms with van der Waals surface area (Å²) < 4.78 is 53.8. The molecule has 0 spiro atoms. The molecule has 2 N–H and O–H groups in total. The van der Waals surface area contributed by atoms with Gasteiger partial charge in [-0.25, -0.2) is 0 Å². The van der Waals surface area contributed by atoms with E-state index in [1.165, 1.54) is 18.3 Å². The Morgan fingerprint density at radius 2 is 2.22 bits per heavy atom. The van der Waals surface area contributed by atoms with Gasteiger partial charge in [-0.2, -0.15) is 28.0 Å². The molecule has 0 saturated carbocycles. The molecule has 2 aromatic rings. The number of benzene rings is 1. The van der Waals surface area contributed by atoms with Crippen molar-refractivity contribution in [1.82, 2.24) is 20.6 Å². The largest absolute Gasteiger partial charge is 0.461 e. The standard InChI is InChI=1S/C12H8F4N6O/c13-11(14)12(15,16)23-9-3-1-2-8(4-9)18-6-7(5-17)10-19-21-22-20-10/h1-4,6,11,18H,(H,19,20,21,22). The first-order valence-corrected chi connectivity index (χ1v) is 5.98. The number of halogens is 4. The number of anilines is 1. The third kappa shape index (κ3) is 4.16. The van der Waals surface area contributed by atoms with Crippen LogP contribution in [0.3, 0.4) is 0 Å². The van der Waals surface area contributed by atoms with E-state index in [-0.39, 0.29) is 17.1 Å². The van der Waals surface area contributed by atoms with E-state index in [0.717, 1.165) is 12.1 Å². The van der Waals surface area contributed by atoms with Crippen molar-refractivity contribution in [3.8, 4) is 11.8 Å². The van der Waals surface area contributed by atoms with Crippen LogP contribution < -0.4 is 10.1 Å². The summed E-state index contributed by atoms with van der Waals surface area (Å²) in [4.78, 5) is 0. The number of aromatic nitrogens is 4. The molecule has 2 rings (SSSR count). The van der Waals surface area contributed by atoms with Crippen molar-refractivity contribution in [2.45, 2.75) is 12.5 Å². The number of nitrogens with one attached hydrogen (secondary N) is 2. The van der Waals surface area contributed by atoms with Crippen LogP contribution in [0.25, 0.3) is 5.57 Å². The van der Waals surface area contributed by atoms with E-state index in [4.69, 9.17) is 5.26 Å². The van der Waals surface area contributed by atoms with E-state index >= 15 is 0 Å². The lowest BCUT2D eigenvalue weighted by Gasteiger charge is -2.17. The van der Waals surface area contributed by atoms with Gasteiger partial charge in [0.05, 0.1) is 0 Å². The molecule has 0 saturated heterocycles. The van der Waals surface area contributed by atoms with Crippen LogP contribution >= 0.6 is 0 Å². The lowest BCUT2D eigenvalue weighted by atomic mass is 10.2. The van der Waals surface area contributed by atoms with Crippen molar-refractivity contribution in [2.24, 2.45) is 0 Å². The van der Waals surface area contributed by atoms with Gasteiger partial charge < -0.3 is 10.1 Å². The van der Waals surface area contributed by atoms with E-state index in [9.17, 15) is 17.6 Å². The zero-order chi connectivity index (χ0) is 16.9. The van der Waals surface area contributed by atoms with Crippen LogP contribution in [-0.4, -0.2) is 33.2 Å². The Labute approximate surface area is 126 Å². The Balaban J connectivity index is 2.13. The maximum atomic E-state index is 12.8. The summed E-state index contributed by atoms with van der Waals surface area (Å²) in [7, 11) is 0. The predicted molar refractivity (Wildman–Crippen MR) is 69.4 cm³/mol. The van der Waals surface area contributed by atoms with Gasteiger partial charge in [0.1, 0.15) is 17.4 Å². The summed E-state index contributed by atoms with van der Waals surface area (Å²) in [6.45, 7) is 0. The average molecular weight is 328 g/mol. The summed E-state index contributed by atoms with van der Waals surface area (Å²) in [5, 5.41) is 24.2. The SMILES string of the molecule is N#CC(=CNc1cccc(OC(F)(F)C(F)F)c1)c1nn[nH]n1. The molecule has 0 aliphatic heterocycles. The van der Waals surface area contributed by atoms with Gasteiger partial charge in [-0.15, -0.1) is 10.2 Å². The van der Waals surface area contributed by atoms with Gasteiger partial charge in [0.25, 0.3) is 0 Å². The van der Waals surface area contributed by atoms with Gasteiger partial charge in [-0.05, 0) is 17.3 Å². The van der Waals surface area contributed by atoms with Crippen molar-refractivity contribution in [1.29, 1.82) is 5.26 Å². The van der Waals surface area contributed by atoms with Crippen LogP contribution in [-0.2, 0) is 0 Å². The number of hydrogen-bond acceptors (Lipinski definition) is 6. The lowest BCUT2D eigenvalue weighted by Crippen LogP contribution is -2.33. The number of nitriles is 1. The molecule has 0 atom stereocenters. The first-order valence-electron chi connectivity index (χ1n) is 5.98. The Kier molecular flexibility index (Phi) is 4.75. The molecule has 0 aliphatic carbocycles. The highest BCUT2D eigenvalue weighted by atomic mass is 19.3. The van der Waals surface area contributed by atoms with Crippen molar-refractivity contribution < 1.29 is 22.3 Å². The van der Waals surface area contributed by atoms with E-state index in [1.807, 2.05) is 0 Å². The normalized spacial score (nSPS) is 12.1. The fraction of sp³-hybridized carbons (Fsp3) is 0.167. The molecule has 1 aromatic heterocycles. The van der Waals surface area contributed by atoms with E-state index in [1.54, 1.807) is 6.07 Å². The lowest BCUT2D eigenvalue weighted by molar-refractivity contribution is -0.253. The average Bonchev–Trinajstić information content (AvgIpc) is 3.02. The highest BCUT2D eigenvalue weighted by Crippen LogP contribution is 2.28. The molecular formula is C12H8F4N6O. The van der Waals surface area contributed by atoms with Crippen molar-refractivity contribution >= 4 is 11.3 Å². The predicted octanol–water partition coefficient (Wildman–Crippen LogP) is 2.41. The molecule has 1 heterocycles. The van der Waals surface area contributed by atoms with Gasteiger partial charge in [-0.1, -0.05) is 6.07 Å². The summed E-state index contributed by atoms with van der Waals surface area (Å²) in [5.41, 5.74) is 0.242. The number of allylic oxidation sites excluding steroid dienone is 1. The highest BCUT2D eigenvalue weighted by molar-refractivity contribution is 5.74. The van der Waals surface area contributed by atoms with Crippen LogP contribution in [0.15, 0.2) is 30.5 Å². The molecule has 120 valence electrons. The smallest absolute Gasteiger partial charge is 0.428 e. The number of alkyl halides is 4. The number of tetrazole rings is 1. The Morgan fingerprint density at radius 1 is 1.43 bits per heavy atom. The van der Waals surface area contributed by atoms with E-state index in [0.29, 0.717) is 0 Å². The molecule has 1 aromatic carbocycles. The zero-order valence-corrected chi connectivity index (χ0v) is 11.2. The van der Waals surface area contributed by atoms with E-state index < -0.39 is 18.3 Å². The third-order valence-corrected chi connectivity index (χ3v) is 2.43. The quantitative estimate of drug-likeness (QED) is 0.624. The molecular weight excluding hydrogens is 320 g/mol. The number of hydrogen-bond donors (Lipinski definition) is 2. The monoisotopic (exact) mass is 328 g/mol. The highest BCUT2D eigenvalue weighted by Gasteiger charge is 2.43. The maximum Gasteiger partial charge on any atom is 0.461 e.